The van der Waals surface area contributed by atoms with E-state index in [1.165, 1.54) is 18.3 Å². The molecule has 8 nitrogen and oxygen atoms in total. The van der Waals surface area contributed by atoms with Crippen molar-refractivity contribution in [3.63, 3.8) is 0 Å². The second-order valence-electron chi connectivity index (χ2n) is 6.71. The Morgan fingerprint density at radius 3 is 2.64 bits per heavy atom. The average Bonchev–Trinajstić information content (AvgIpc) is 3.03. The zero-order valence-corrected chi connectivity index (χ0v) is 15.2. The number of nitrogens with zero attached hydrogens (tertiary/aromatic N) is 4. The van der Waals surface area contributed by atoms with Gasteiger partial charge in [-0.15, -0.1) is 13.2 Å². The van der Waals surface area contributed by atoms with E-state index < -0.39 is 11.3 Å². The lowest BCUT2D eigenvalue weighted by Gasteiger charge is -2.36. The van der Waals surface area contributed by atoms with Crippen LogP contribution in [0.15, 0.2) is 30.5 Å². The molecule has 0 unspecified atom stereocenters. The van der Waals surface area contributed by atoms with E-state index in [1.54, 1.807) is 16.7 Å². The summed E-state index contributed by atoms with van der Waals surface area (Å²) in [6, 6.07) is 5.94. The molecule has 0 bridgehead atoms. The van der Waals surface area contributed by atoms with Crippen molar-refractivity contribution in [1.29, 1.82) is 0 Å². The molecule has 1 aromatic carbocycles. The summed E-state index contributed by atoms with van der Waals surface area (Å²) in [7, 11) is 0. The van der Waals surface area contributed by atoms with Crippen LogP contribution in [0.3, 0.4) is 0 Å². The molecule has 0 saturated heterocycles. The van der Waals surface area contributed by atoms with E-state index >= 15 is 0 Å². The van der Waals surface area contributed by atoms with E-state index in [0.29, 0.717) is 19.7 Å². The van der Waals surface area contributed by atoms with Crippen LogP contribution in [0.1, 0.15) is 19.4 Å². The summed E-state index contributed by atoms with van der Waals surface area (Å²) in [5.41, 5.74) is 0.811. The summed E-state index contributed by atoms with van der Waals surface area (Å²) in [6.07, 6.45) is -3.39. The molecule has 1 aliphatic rings. The molecule has 152 valence electrons. The lowest BCUT2D eigenvalue weighted by Crippen LogP contribution is -2.47. The van der Waals surface area contributed by atoms with Gasteiger partial charge in [0.05, 0.1) is 6.04 Å². The summed E-state index contributed by atoms with van der Waals surface area (Å²) in [5, 5.41) is 10.9. The van der Waals surface area contributed by atoms with E-state index in [-0.39, 0.29) is 29.7 Å². The topological polar surface area (TPSA) is 82.7 Å². The first-order valence-electron chi connectivity index (χ1n) is 8.57. The molecule has 0 saturated carbocycles. The third-order valence-corrected chi connectivity index (χ3v) is 4.38. The molecule has 2 heterocycles. The number of ether oxygens (including phenoxy) is 2. The SMILES string of the molecule is CC(C)N(Cc1ccc(OC(F)(F)F)cc1)[C@@H]1COc2nc([N+](=O)[O-])cn2C1. The quantitative estimate of drug-likeness (QED) is 0.546. The summed E-state index contributed by atoms with van der Waals surface area (Å²) < 4.78 is 47.9. The number of fused-ring (bicyclic) bond motifs is 1. The summed E-state index contributed by atoms with van der Waals surface area (Å²) in [6.45, 7) is 5.23. The highest BCUT2D eigenvalue weighted by molar-refractivity contribution is 5.27. The predicted octanol–water partition coefficient (Wildman–Crippen LogP) is 3.36. The molecule has 28 heavy (non-hydrogen) atoms. The van der Waals surface area contributed by atoms with Crippen LogP contribution in [0.25, 0.3) is 0 Å². The van der Waals surface area contributed by atoms with E-state index in [0.717, 1.165) is 5.56 Å². The number of hydrogen-bond donors (Lipinski definition) is 0. The number of benzene rings is 1. The summed E-state index contributed by atoms with van der Waals surface area (Å²) in [4.78, 5) is 16.3. The number of nitro groups is 1. The van der Waals surface area contributed by atoms with Crippen LogP contribution in [-0.4, -0.2) is 44.4 Å². The molecular formula is C17H19F3N4O4. The highest BCUT2D eigenvalue weighted by Gasteiger charge is 2.33. The van der Waals surface area contributed by atoms with Gasteiger partial charge in [-0.05, 0) is 36.5 Å². The maximum absolute atomic E-state index is 12.3. The van der Waals surface area contributed by atoms with Crippen LogP contribution < -0.4 is 9.47 Å². The Balaban J connectivity index is 1.71. The fourth-order valence-corrected chi connectivity index (χ4v) is 3.11. The van der Waals surface area contributed by atoms with Crippen LogP contribution in [0.4, 0.5) is 19.0 Å². The molecule has 0 N–H and O–H groups in total. The zero-order valence-electron chi connectivity index (χ0n) is 15.2. The minimum Gasteiger partial charge on any atom is -0.444 e. The molecule has 3 rings (SSSR count). The molecule has 0 spiro atoms. The monoisotopic (exact) mass is 400 g/mol. The van der Waals surface area contributed by atoms with Crippen molar-refractivity contribution < 1.29 is 27.6 Å². The van der Waals surface area contributed by atoms with Gasteiger partial charge < -0.3 is 19.6 Å². The number of aromatic nitrogens is 2. The van der Waals surface area contributed by atoms with Gasteiger partial charge in [0.15, 0.2) is 0 Å². The number of rotatable bonds is 6. The molecule has 0 fully saturated rings. The molecule has 2 aromatic rings. The normalized spacial score (nSPS) is 16.8. The van der Waals surface area contributed by atoms with E-state index in [1.807, 2.05) is 13.8 Å². The van der Waals surface area contributed by atoms with Gasteiger partial charge in [-0.3, -0.25) is 9.47 Å². The van der Waals surface area contributed by atoms with E-state index in [4.69, 9.17) is 4.74 Å². The second-order valence-corrected chi connectivity index (χ2v) is 6.71. The van der Waals surface area contributed by atoms with Crippen LogP contribution in [-0.2, 0) is 13.1 Å². The zero-order chi connectivity index (χ0) is 20.5. The summed E-state index contributed by atoms with van der Waals surface area (Å²) >= 11 is 0. The Hall–Kier alpha value is -2.82. The highest BCUT2D eigenvalue weighted by Crippen LogP contribution is 2.26. The molecule has 1 aromatic heterocycles. The van der Waals surface area contributed by atoms with Crippen molar-refractivity contribution in [3.05, 3.63) is 46.1 Å². The van der Waals surface area contributed by atoms with Crippen LogP contribution in [0.5, 0.6) is 11.8 Å². The second kappa shape index (κ2) is 7.66. The Morgan fingerprint density at radius 2 is 2.07 bits per heavy atom. The van der Waals surface area contributed by atoms with Gasteiger partial charge in [0.2, 0.25) is 0 Å². The lowest BCUT2D eigenvalue weighted by atomic mass is 10.1. The Kier molecular flexibility index (Phi) is 5.45. The minimum absolute atomic E-state index is 0.0765. The van der Waals surface area contributed by atoms with Crippen molar-refractivity contribution in [2.45, 2.75) is 45.4 Å². The van der Waals surface area contributed by atoms with Gasteiger partial charge in [-0.2, -0.15) is 0 Å². The van der Waals surface area contributed by atoms with Crippen LogP contribution in [0, 0.1) is 10.1 Å². The van der Waals surface area contributed by atoms with Crippen molar-refractivity contribution >= 4 is 5.82 Å². The third kappa shape index (κ3) is 4.71. The number of alkyl halides is 3. The standard InChI is InChI=1S/C17H19F3N4O4/c1-11(2)23(7-12-3-5-14(6-4-12)28-17(18,19)20)13-8-22-9-15(24(25)26)21-16(22)27-10-13/h3-6,9,11,13H,7-8,10H2,1-2H3/t13-/m0/s1. The molecule has 0 aliphatic carbocycles. The van der Waals surface area contributed by atoms with Crippen molar-refractivity contribution in [2.75, 3.05) is 6.61 Å². The molecule has 1 atom stereocenters. The molecule has 0 amide bonds. The first-order chi connectivity index (χ1) is 13.1. The largest absolute Gasteiger partial charge is 0.573 e. The Morgan fingerprint density at radius 1 is 1.39 bits per heavy atom. The van der Waals surface area contributed by atoms with Gasteiger partial charge in [0, 0.05) is 24.1 Å². The summed E-state index contributed by atoms with van der Waals surface area (Å²) in [5.74, 6) is -0.546. The molecule has 0 radical (unpaired) electrons. The lowest BCUT2D eigenvalue weighted by molar-refractivity contribution is -0.389. The van der Waals surface area contributed by atoms with Crippen molar-refractivity contribution in [1.82, 2.24) is 14.5 Å². The van der Waals surface area contributed by atoms with Crippen LogP contribution in [0.2, 0.25) is 0 Å². The van der Waals surface area contributed by atoms with E-state index in [2.05, 4.69) is 14.6 Å². The number of hydrogen-bond acceptors (Lipinski definition) is 6. The van der Waals surface area contributed by atoms with Crippen LogP contribution >= 0.6 is 0 Å². The number of imidazole rings is 1. The Bertz CT molecular complexity index is 836. The smallest absolute Gasteiger partial charge is 0.444 e. The van der Waals surface area contributed by atoms with Gasteiger partial charge >= 0.3 is 18.2 Å². The molecule has 1 aliphatic heterocycles. The average molecular weight is 400 g/mol. The van der Waals surface area contributed by atoms with Gasteiger partial charge in [0.1, 0.15) is 18.6 Å². The number of halogens is 3. The predicted molar refractivity (Wildman–Crippen MR) is 92.0 cm³/mol. The van der Waals surface area contributed by atoms with Gasteiger partial charge in [-0.25, -0.2) is 0 Å². The first kappa shape index (κ1) is 19.9. The van der Waals surface area contributed by atoms with E-state index in [9.17, 15) is 23.3 Å². The van der Waals surface area contributed by atoms with Gasteiger partial charge in [-0.1, -0.05) is 12.1 Å². The highest BCUT2D eigenvalue weighted by atomic mass is 19.4. The van der Waals surface area contributed by atoms with Crippen molar-refractivity contribution in [2.24, 2.45) is 0 Å². The molecular weight excluding hydrogens is 381 g/mol. The van der Waals surface area contributed by atoms with Crippen molar-refractivity contribution in [3.8, 4) is 11.8 Å². The molecule has 11 heteroatoms. The first-order valence-corrected chi connectivity index (χ1v) is 8.57. The third-order valence-electron chi connectivity index (χ3n) is 4.38. The van der Waals surface area contributed by atoms with Gasteiger partial charge in [0.25, 0.3) is 0 Å². The fourth-order valence-electron chi connectivity index (χ4n) is 3.11. The minimum atomic E-state index is -4.73. The fraction of sp³-hybridized carbons (Fsp3) is 0.471. The Labute approximate surface area is 158 Å². The maximum atomic E-state index is 12.3. The maximum Gasteiger partial charge on any atom is 0.573 e.